The van der Waals surface area contributed by atoms with Crippen LogP contribution in [0.1, 0.15) is 17.5 Å². The summed E-state index contributed by atoms with van der Waals surface area (Å²) in [6, 6.07) is 14.6. The zero-order valence-corrected chi connectivity index (χ0v) is 16.9. The number of aryl methyl sites for hydroxylation is 1. The van der Waals surface area contributed by atoms with Crippen LogP contribution in [0.15, 0.2) is 48.5 Å². The number of hydrogen-bond acceptors (Lipinski definition) is 5. The average molecular weight is 404 g/mol. The van der Waals surface area contributed by atoms with Crippen LogP contribution in [0.4, 0.5) is 0 Å². The Hall–Kier alpha value is -2.54. The van der Waals surface area contributed by atoms with Gasteiger partial charge in [-0.1, -0.05) is 30.3 Å². The molecule has 1 atom stereocenters. The van der Waals surface area contributed by atoms with Gasteiger partial charge in [0.15, 0.2) is 16.4 Å². The lowest BCUT2D eigenvalue weighted by atomic mass is 10.1. The van der Waals surface area contributed by atoms with Gasteiger partial charge in [-0.05, 0) is 42.7 Å². The predicted octanol–water partition coefficient (Wildman–Crippen LogP) is 2.60. The zero-order valence-electron chi connectivity index (χ0n) is 16.1. The van der Waals surface area contributed by atoms with Gasteiger partial charge < -0.3 is 14.4 Å². The third-order valence-electron chi connectivity index (χ3n) is 4.90. The summed E-state index contributed by atoms with van der Waals surface area (Å²) in [5.74, 6) is 1.22. The molecule has 7 heteroatoms. The molecule has 0 aromatic heterocycles. The molecule has 1 heterocycles. The van der Waals surface area contributed by atoms with Crippen molar-refractivity contribution in [2.24, 2.45) is 0 Å². The summed E-state index contributed by atoms with van der Waals surface area (Å²) in [6.07, 6.45) is 0.447. The van der Waals surface area contributed by atoms with Crippen LogP contribution in [-0.2, 0) is 21.2 Å². The summed E-state index contributed by atoms with van der Waals surface area (Å²) in [5, 5.41) is 0. The van der Waals surface area contributed by atoms with Crippen LogP contribution >= 0.6 is 0 Å². The van der Waals surface area contributed by atoms with E-state index in [1.165, 1.54) is 0 Å². The van der Waals surface area contributed by atoms with Crippen molar-refractivity contribution >= 4 is 15.7 Å². The first-order chi connectivity index (χ1) is 13.4. The summed E-state index contributed by atoms with van der Waals surface area (Å²) in [4.78, 5) is 14.6. The number of carbonyl (C=O) groups excluding carboxylic acids is 1. The number of benzene rings is 2. The molecule has 0 radical (unpaired) electrons. The third-order valence-corrected chi connectivity index (χ3v) is 6.65. The molecule has 0 spiro atoms. The van der Waals surface area contributed by atoms with Crippen LogP contribution < -0.4 is 9.47 Å². The predicted molar refractivity (Wildman–Crippen MR) is 107 cm³/mol. The Bertz CT molecular complexity index is 941. The van der Waals surface area contributed by atoms with Crippen molar-refractivity contribution in [2.75, 3.05) is 25.2 Å². The van der Waals surface area contributed by atoms with Crippen LogP contribution in [0.5, 0.6) is 11.5 Å². The van der Waals surface area contributed by atoms with Crippen LogP contribution in [-0.4, -0.2) is 50.5 Å². The minimum atomic E-state index is -3.11. The number of amides is 1. The highest BCUT2D eigenvalue weighted by Crippen LogP contribution is 2.23. The standard InChI is InChI=1S/C21H25NO5S/c1-16-6-3-4-9-20(16)27-14-21(23)22(18-10-11-28(24,25)15-18)13-17-7-5-8-19(12-17)26-2/h3-9,12,18H,10-11,13-15H2,1-2H3. The Balaban J connectivity index is 1.77. The van der Waals surface area contributed by atoms with E-state index in [1.54, 1.807) is 12.0 Å². The highest BCUT2D eigenvalue weighted by Gasteiger charge is 2.34. The van der Waals surface area contributed by atoms with Crippen molar-refractivity contribution in [3.63, 3.8) is 0 Å². The number of para-hydroxylation sites is 1. The van der Waals surface area contributed by atoms with Crippen molar-refractivity contribution in [1.29, 1.82) is 0 Å². The van der Waals surface area contributed by atoms with Gasteiger partial charge in [0.25, 0.3) is 5.91 Å². The molecule has 2 aromatic carbocycles. The van der Waals surface area contributed by atoms with Crippen LogP contribution in [0.3, 0.4) is 0 Å². The van der Waals surface area contributed by atoms with Gasteiger partial charge in [0.2, 0.25) is 0 Å². The molecule has 1 saturated heterocycles. The van der Waals surface area contributed by atoms with E-state index < -0.39 is 9.84 Å². The smallest absolute Gasteiger partial charge is 0.261 e. The quantitative estimate of drug-likeness (QED) is 0.711. The molecular formula is C21H25NO5S. The molecule has 2 aromatic rings. The van der Waals surface area contributed by atoms with Crippen molar-refractivity contribution in [3.05, 3.63) is 59.7 Å². The molecule has 0 bridgehead atoms. The van der Waals surface area contributed by atoms with Crippen molar-refractivity contribution in [3.8, 4) is 11.5 Å². The fourth-order valence-corrected chi connectivity index (χ4v) is 5.08. The van der Waals surface area contributed by atoms with Gasteiger partial charge in [-0.2, -0.15) is 0 Å². The van der Waals surface area contributed by atoms with Crippen molar-refractivity contribution < 1.29 is 22.7 Å². The largest absolute Gasteiger partial charge is 0.497 e. The lowest BCUT2D eigenvalue weighted by molar-refractivity contribution is -0.136. The van der Waals surface area contributed by atoms with Gasteiger partial charge in [0, 0.05) is 12.6 Å². The van der Waals surface area contributed by atoms with Crippen LogP contribution in [0, 0.1) is 6.92 Å². The first-order valence-corrected chi connectivity index (χ1v) is 11.0. The highest BCUT2D eigenvalue weighted by molar-refractivity contribution is 7.91. The van der Waals surface area contributed by atoms with E-state index in [0.29, 0.717) is 24.5 Å². The molecule has 0 saturated carbocycles. The van der Waals surface area contributed by atoms with E-state index in [-0.39, 0.29) is 30.1 Å². The van der Waals surface area contributed by atoms with E-state index in [0.717, 1.165) is 11.1 Å². The van der Waals surface area contributed by atoms with Crippen molar-refractivity contribution in [2.45, 2.75) is 25.9 Å². The van der Waals surface area contributed by atoms with Gasteiger partial charge in [0.05, 0.1) is 18.6 Å². The highest BCUT2D eigenvalue weighted by atomic mass is 32.2. The fraction of sp³-hybridized carbons (Fsp3) is 0.381. The molecule has 0 aliphatic carbocycles. The number of methoxy groups -OCH3 is 1. The Morgan fingerprint density at radius 2 is 1.96 bits per heavy atom. The monoisotopic (exact) mass is 403 g/mol. The summed E-state index contributed by atoms with van der Waals surface area (Å²) >= 11 is 0. The molecule has 150 valence electrons. The summed E-state index contributed by atoms with van der Waals surface area (Å²) in [7, 11) is -1.53. The second-order valence-electron chi connectivity index (χ2n) is 6.98. The van der Waals surface area contributed by atoms with E-state index in [4.69, 9.17) is 9.47 Å². The van der Waals surface area contributed by atoms with E-state index in [1.807, 2.05) is 55.5 Å². The molecule has 1 fully saturated rings. The molecular weight excluding hydrogens is 378 g/mol. The van der Waals surface area contributed by atoms with Crippen molar-refractivity contribution in [1.82, 2.24) is 4.90 Å². The maximum Gasteiger partial charge on any atom is 0.261 e. The maximum atomic E-state index is 13.0. The first kappa shape index (κ1) is 20.2. The number of ether oxygens (including phenoxy) is 2. The lowest BCUT2D eigenvalue weighted by Gasteiger charge is -2.28. The minimum Gasteiger partial charge on any atom is -0.497 e. The number of rotatable bonds is 7. The van der Waals surface area contributed by atoms with Crippen LogP contribution in [0.2, 0.25) is 0 Å². The normalized spacial score (nSPS) is 17.9. The molecule has 3 rings (SSSR count). The summed E-state index contributed by atoms with van der Waals surface area (Å²) in [5.41, 5.74) is 1.82. The summed E-state index contributed by atoms with van der Waals surface area (Å²) in [6.45, 7) is 2.09. The Kier molecular flexibility index (Phi) is 6.24. The fourth-order valence-electron chi connectivity index (χ4n) is 3.35. The molecule has 1 unspecified atom stereocenters. The lowest BCUT2D eigenvalue weighted by Crippen LogP contribution is -2.43. The molecule has 0 N–H and O–H groups in total. The number of carbonyl (C=O) groups is 1. The maximum absolute atomic E-state index is 13.0. The van der Waals surface area contributed by atoms with Gasteiger partial charge in [-0.15, -0.1) is 0 Å². The number of nitrogens with zero attached hydrogens (tertiary/aromatic N) is 1. The van der Waals surface area contributed by atoms with Crippen LogP contribution in [0.25, 0.3) is 0 Å². The molecule has 1 amide bonds. The van der Waals surface area contributed by atoms with E-state index in [9.17, 15) is 13.2 Å². The van der Waals surface area contributed by atoms with Gasteiger partial charge in [0.1, 0.15) is 11.5 Å². The molecule has 1 aliphatic rings. The van der Waals surface area contributed by atoms with Gasteiger partial charge in [-0.3, -0.25) is 4.79 Å². The second-order valence-corrected chi connectivity index (χ2v) is 9.21. The third kappa shape index (κ3) is 5.04. The second kappa shape index (κ2) is 8.65. The Labute approximate surface area is 166 Å². The minimum absolute atomic E-state index is 0.00687. The van der Waals surface area contributed by atoms with E-state index in [2.05, 4.69) is 0 Å². The van der Waals surface area contributed by atoms with E-state index >= 15 is 0 Å². The van der Waals surface area contributed by atoms with Gasteiger partial charge >= 0.3 is 0 Å². The first-order valence-electron chi connectivity index (χ1n) is 9.19. The number of sulfone groups is 1. The Morgan fingerprint density at radius 3 is 2.64 bits per heavy atom. The molecule has 28 heavy (non-hydrogen) atoms. The van der Waals surface area contributed by atoms with Gasteiger partial charge in [-0.25, -0.2) is 8.42 Å². The zero-order chi connectivity index (χ0) is 20.1. The topological polar surface area (TPSA) is 72.9 Å². The number of hydrogen-bond donors (Lipinski definition) is 0. The SMILES string of the molecule is COc1cccc(CN(C(=O)COc2ccccc2C)C2CCS(=O)(=O)C2)c1. The molecule has 1 aliphatic heterocycles. The molecule has 6 nitrogen and oxygen atoms in total. The Morgan fingerprint density at radius 1 is 1.18 bits per heavy atom. The average Bonchev–Trinajstić information content (AvgIpc) is 3.05. The summed E-state index contributed by atoms with van der Waals surface area (Å²) < 4.78 is 34.9.